The highest BCUT2D eigenvalue weighted by atomic mass is 16.6. The van der Waals surface area contributed by atoms with Gasteiger partial charge in [-0.2, -0.15) is 0 Å². The van der Waals surface area contributed by atoms with Crippen LogP contribution in [0.4, 0.5) is 9.59 Å². The lowest BCUT2D eigenvalue weighted by Crippen LogP contribution is -2.31. The number of rotatable bonds is 14. The number of carbonyl (C=O) groups is 3. The maximum absolute atomic E-state index is 11.6. The summed E-state index contributed by atoms with van der Waals surface area (Å²) in [6.45, 7) is 15.2. The zero-order chi connectivity index (χ0) is 22.2. The molecule has 0 aliphatic heterocycles. The molecule has 29 heavy (non-hydrogen) atoms. The summed E-state index contributed by atoms with van der Waals surface area (Å²) in [7, 11) is 0. The van der Waals surface area contributed by atoms with Crippen molar-refractivity contribution < 1.29 is 28.6 Å². The molecule has 2 atom stereocenters. The first-order valence-electron chi connectivity index (χ1n) is 9.97. The number of hydrogen-bond acceptors (Lipinski definition) is 6. The van der Waals surface area contributed by atoms with Gasteiger partial charge in [0.2, 0.25) is 0 Å². The van der Waals surface area contributed by atoms with Crippen LogP contribution < -0.4 is 10.6 Å². The van der Waals surface area contributed by atoms with Gasteiger partial charge in [0.05, 0.1) is 0 Å². The molecule has 0 saturated heterocycles. The predicted octanol–water partition coefficient (Wildman–Crippen LogP) is 3.86. The van der Waals surface area contributed by atoms with Crippen molar-refractivity contribution >= 4 is 18.2 Å². The lowest BCUT2D eigenvalue weighted by atomic mass is 10.2. The van der Waals surface area contributed by atoms with Crippen LogP contribution in [-0.4, -0.2) is 50.1 Å². The fraction of sp³-hybridized carbons (Fsp3) is 0.667. The van der Waals surface area contributed by atoms with Crippen molar-refractivity contribution in [2.24, 2.45) is 0 Å². The molecule has 2 unspecified atom stereocenters. The normalized spacial score (nSPS) is 12.3. The van der Waals surface area contributed by atoms with Gasteiger partial charge in [0, 0.05) is 25.1 Å². The van der Waals surface area contributed by atoms with Gasteiger partial charge in [-0.1, -0.05) is 25.0 Å². The summed E-state index contributed by atoms with van der Waals surface area (Å²) in [5, 5.41) is 5.38. The zero-order valence-electron chi connectivity index (χ0n) is 18.2. The third-order valence-corrected chi connectivity index (χ3v) is 3.69. The molecular formula is C21H36N2O6. The standard InChI is InChI=1S/C21H36N2O6/c1-15(2)13-17(5)28-20(25)22-11-9-7-8-10-12-23-21(26)29-18(6)14-27-19(24)16(3)4/h17-18H,1,3,7-14H2,2,4-6H3,(H,22,25)(H,23,26). The molecule has 0 aromatic rings. The Balaban J connectivity index is 3.61. The van der Waals surface area contributed by atoms with E-state index in [2.05, 4.69) is 23.8 Å². The van der Waals surface area contributed by atoms with E-state index in [0.717, 1.165) is 31.3 Å². The van der Waals surface area contributed by atoms with Crippen LogP contribution >= 0.6 is 0 Å². The molecule has 0 aromatic heterocycles. The van der Waals surface area contributed by atoms with E-state index in [1.54, 1.807) is 13.8 Å². The van der Waals surface area contributed by atoms with Gasteiger partial charge >= 0.3 is 18.2 Å². The largest absolute Gasteiger partial charge is 0.458 e. The summed E-state index contributed by atoms with van der Waals surface area (Å²) in [4.78, 5) is 34.5. The molecule has 0 bridgehead atoms. The highest BCUT2D eigenvalue weighted by molar-refractivity contribution is 5.86. The van der Waals surface area contributed by atoms with E-state index in [0.29, 0.717) is 25.1 Å². The smallest absolute Gasteiger partial charge is 0.407 e. The molecule has 0 aromatic carbocycles. The highest BCUT2D eigenvalue weighted by Gasteiger charge is 2.12. The summed E-state index contributed by atoms with van der Waals surface area (Å²) < 4.78 is 15.2. The Hall–Kier alpha value is -2.51. The second-order valence-corrected chi connectivity index (χ2v) is 7.24. The van der Waals surface area contributed by atoms with Gasteiger partial charge in [0.1, 0.15) is 18.8 Å². The molecule has 0 rings (SSSR count). The molecular weight excluding hydrogens is 376 g/mol. The van der Waals surface area contributed by atoms with E-state index in [4.69, 9.17) is 14.2 Å². The molecule has 0 saturated carbocycles. The number of alkyl carbamates (subject to hydrolysis) is 2. The second kappa shape index (κ2) is 15.4. The first kappa shape index (κ1) is 26.5. The average Bonchev–Trinajstić information content (AvgIpc) is 2.60. The molecule has 166 valence electrons. The van der Waals surface area contributed by atoms with Crippen molar-refractivity contribution in [2.45, 2.75) is 72.0 Å². The number of nitrogens with one attached hydrogen (secondary N) is 2. The van der Waals surface area contributed by atoms with Gasteiger partial charge < -0.3 is 24.8 Å². The Labute approximate surface area is 174 Å². The Bertz CT molecular complexity index is 561. The van der Waals surface area contributed by atoms with E-state index in [1.165, 1.54) is 0 Å². The van der Waals surface area contributed by atoms with Crippen LogP contribution in [0.3, 0.4) is 0 Å². The summed E-state index contributed by atoms with van der Waals surface area (Å²) in [5.41, 5.74) is 1.27. The van der Waals surface area contributed by atoms with Crippen molar-refractivity contribution in [1.82, 2.24) is 10.6 Å². The van der Waals surface area contributed by atoms with Crippen LogP contribution in [0.15, 0.2) is 24.3 Å². The van der Waals surface area contributed by atoms with Crippen molar-refractivity contribution in [3.63, 3.8) is 0 Å². The predicted molar refractivity (Wildman–Crippen MR) is 112 cm³/mol. The molecule has 0 heterocycles. The van der Waals surface area contributed by atoms with Crippen LogP contribution in [0.25, 0.3) is 0 Å². The van der Waals surface area contributed by atoms with Gasteiger partial charge in [0.25, 0.3) is 0 Å². The highest BCUT2D eigenvalue weighted by Crippen LogP contribution is 2.05. The van der Waals surface area contributed by atoms with Crippen LogP contribution in [0.5, 0.6) is 0 Å². The summed E-state index contributed by atoms with van der Waals surface area (Å²) in [6.07, 6.45) is 2.44. The van der Waals surface area contributed by atoms with Crippen LogP contribution in [0, 0.1) is 0 Å². The monoisotopic (exact) mass is 412 g/mol. The molecule has 8 nitrogen and oxygen atoms in total. The molecule has 0 radical (unpaired) electrons. The van der Waals surface area contributed by atoms with Gasteiger partial charge in [0.15, 0.2) is 0 Å². The minimum absolute atomic E-state index is 0.0134. The van der Waals surface area contributed by atoms with Gasteiger partial charge in [-0.05, 0) is 40.5 Å². The quantitative estimate of drug-likeness (QED) is 0.148. The van der Waals surface area contributed by atoms with Crippen molar-refractivity contribution in [2.75, 3.05) is 19.7 Å². The molecule has 0 fully saturated rings. The first-order chi connectivity index (χ1) is 13.6. The summed E-state index contributed by atoms with van der Waals surface area (Å²) in [5.74, 6) is -0.509. The number of carbonyl (C=O) groups excluding carboxylic acids is 3. The third-order valence-electron chi connectivity index (χ3n) is 3.69. The Morgan fingerprint density at radius 2 is 1.31 bits per heavy atom. The summed E-state index contributed by atoms with van der Waals surface area (Å²) >= 11 is 0. The molecule has 0 aliphatic carbocycles. The van der Waals surface area contributed by atoms with Crippen molar-refractivity contribution in [3.05, 3.63) is 24.3 Å². The fourth-order valence-corrected chi connectivity index (χ4v) is 2.32. The zero-order valence-corrected chi connectivity index (χ0v) is 18.2. The Morgan fingerprint density at radius 3 is 1.76 bits per heavy atom. The van der Waals surface area contributed by atoms with Gasteiger partial charge in [-0.15, -0.1) is 6.58 Å². The molecule has 0 spiro atoms. The number of esters is 1. The lowest BCUT2D eigenvalue weighted by molar-refractivity contribution is -0.141. The molecule has 2 amide bonds. The van der Waals surface area contributed by atoms with E-state index in [-0.39, 0.29) is 12.7 Å². The van der Waals surface area contributed by atoms with E-state index >= 15 is 0 Å². The Morgan fingerprint density at radius 1 is 0.828 bits per heavy atom. The van der Waals surface area contributed by atoms with E-state index in [9.17, 15) is 14.4 Å². The minimum atomic E-state index is -0.544. The number of amides is 2. The molecule has 2 N–H and O–H groups in total. The number of ether oxygens (including phenoxy) is 3. The van der Waals surface area contributed by atoms with Crippen LogP contribution in [-0.2, 0) is 19.0 Å². The molecule has 0 aliphatic rings. The van der Waals surface area contributed by atoms with Crippen molar-refractivity contribution in [3.8, 4) is 0 Å². The third kappa shape index (κ3) is 16.2. The SMILES string of the molecule is C=C(C)CC(C)OC(=O)NCCCCCCNC(=O)OC(C)COC(=O)C(=C)C. The summed E-state index contributed by atoms with van der Waals surface area (Å²) in [6, 6.07) is 0. The average molecular weight is 413 g/mol. The van der Waals surface area contributed by atoms with Crippen LogP contribution in [0.1, 0.15) is 59.8 Å². The lowest BCUT2D eigenvalue weighted by Gasteiger charge is -2.14. The van der Waals surface area contributed by atoms with Gasteiger partial charge in [-0.25, -0.2) is 14.4 Å². The maximum atomic E-state index is 11.6. The number of hydrogen-bond donors (Lipinski definition) is 2. The second-order valence-electron chi connectivity index (χ2n) is 7.24. The maximum Gasteiger partial charge on any atom is 0.407 e. The molecule has 8 heteroatoms. The van der Waals surface area contributed by atoms with E-state index < -0.39 is 24.3 Å². The number of unbranched alkanes of at least 4 members (excludes halogenated alkanes) is 3. The van der Waals surface area contributed by atoms with Crippen LogP contribution in [0.2, 0.25) is 0 Å². The minimum Gasteiger partial charge on any atom is -0.458 e. The first-order valence-corrected chi connectivity index (χ1v) is 9.97. The Kier molecular flexibility index (Phi) is 14.1. The fourth-order valence-electron chi connectivity index (χ4n) is 2.32. The topological polar surface area (TPSA) is 103 Å². The van der Waals surface area contributed by atoms with Gasteiger partial charge in [-0.3, -0.25) is 0 Å². The van der Waals surface area contributed by atoms with Crippen molar-refractivity contribution in [1.29, 1.82) is 0 Å². The van der Waals surface area contributed by atoms with E-state index in [1.807, 2.05) is 13.8 Å².